The Labute approximate surface area is 107 Å². The summed E-state index contributed by atoms with van der Waals surface area (Å²) < 4.78 is 13.2. The van der Waals surface area contributed by atoms with Crippen LogP contribution in [0.3, 0.4) is 0 Å². The standard InChI is InChI=1S/C12H11FN2O4/c13-9-2-1-7(4-8(9)12(18)19)15-11(17)6-3-10(16)14-5-6/h1-2,4,6H,3,5H2,(H,14,16)(H,15,17)(H,18,19). The Bertz CT molecular complexity index is 559. The molecule has 0 aliphatic carbocycles. The summed E-state index contributed by atoms with van der Waals surface area (Å²) in [7, 11) is 0. The minimum Gasteiger partial charge on any atom is -0.478 e. The van der Waals surface area contributed by atoms with Gasteiger partial charge in [-0.2, -0.15) is 0 Å². The molecule has 19 heavy (non-hydrogen) atoms. The lowest BCUT2D eigenvalue weighted by Gasteiger charge is -2.09. The third-order valence-electron chi connectivity index (χ3n) is 2.81. The molecule has 0 saturated carbocycles. The van der Waals surface area contributed by atoms with Crippen molar-refractivity contribution in [3.63, 3.8) is 0 Å². The maximum absolute atomic E-state index is 13.2. The summed E-state index contributed by atoms with van der Waals surface area (Å²) in [6, 6.07) is 3.28. The number of hydrogen-bond donors (Lipinski definition) is 3. The molecular weight excluding hydrogens is 255 g/mol. The first kappa shape index (κ1) is 13.0. The van der Waals surface area contributed by atoms with Crippen molar-refractivity contribution in [1.82, 2.24) is 5.32 Å². The van der Waals surface area contributed by atoms with Crippen molar-refractivity contribution >= 4 is 23.5 Å². The summed E-state index contributed by atoms with van der Waals surface area (Å²) >= 11 is 0. The average molecular weight is 266 g/mol. The van der Waals surface area contributed by atoms with Gasteiger partial charge in [0.25, 0.3) is 0 Å². The second-order valence-corrected chi connectivity index (χ2v) is 4.19. The van der Waals surface area contributed by atoms with Crippen LogP contribution in [0.25, 0.3) is 0 Å². The first-order chi connectivity index (χ1) is 8.97. The van der Waals surface area contributed by atoms with Crippen molar-refractivity contribution in [3.05, 3.63) is 29.6 Å². The third kappa shape index (κ3) is 2.87. The van der Waals surface area contributed by atoms with Crippen molar-refractivity contribution in [1.29, 1.82) is 0 Å². The Balaban J connectivity index is 2.11. The first-order valence-electron chi connectivity index (χ1n) is 5.58. The number of anilines is 1. The number of carboxylic acids is 1. The predicted octanol–water partition coefficient (Wildman–Crippen LogP) is 0.599. The van der Waals surface area contributed by atoms with Crippen molar-refractivity contribution in [2.24, 2.45) is 5.92 Å². The van der Waals surface area contributed by atoms with Gasteiger partial charge in [-0.05, 0) is 18.2 Å². The highest BCUT2D eigenvalue weighted by Gasteiger charge is 2.28. The second-order valence-electron chi connectivity index (χ2n) is 4.19. The van der Waals surface area contributed by atoms with E-state index in [-0.39, 0.29) is 24.6 Å². The zero-order chi connectivity index (χ0) is 14.0. The number of hydrogen-bond acceptors (Lipinski definition) is 3. The Hall–Kier alpha value is -2.44. The molecular formula is C12H11FN2O4. The van der Waals surface area contributed by atoms with E-state index in [1.54, 1.807) is 0 Å². The first-order valence-corrected chi connectivity index (χ1v) is 5.58. The van der Waals surface area contributed by atoms with E-state index >= 15 is 0 Å². The normalized spacial score (nSPS) is 17.9. The van der Waals surface area contributed by atoms with Gasteiger partial charge in [0.1, 0.15) is 5.82 Å². The number of benzene rings is 1. The number of carbonyl (C=O) groups is 3. The van der Waals surface area contributed by atoms with Crippen molar-refractivity contribution in [2.75, 3.05) is 11.9 Å². The summed E-state index contributed by atoms with van der Waals surface area (Å²) in [5, 5.41) is 13.7. The molecule has 1 aromatic rings. The molecule has 3 N–H and O–H groups in total. The van der Waals surface area contributed by atoms with Gasteiger partial charge in [-0.15, -0.1) is 0 Å². The van der Waals surface area contributed by atoms with E-state index in [0.29, 0.717) is 0 Å². The Morgan fingerprint density at radius 3 is 2.74 bits per heavy atom. The summed E-state index contributed by atoms with van der Waals surface area (Å²) in [4.78, 5) is 33.5. The van der Waals surface area contributed by atoms with E-state index in [2.05, 4.69) is 10.6 Å². The van der Waals surface area contributed by atoms with Crippen molar-refractivity contribution in [2.45, 2.75) is 6.42 Å². The topological polar surface area (TPSA) is 95.5 Å². The number of nitrogens with one attached hydrogen (secondary N) is 2. The Morgan fingerprint density at radius 2 is 2.16 bits per heavy atom. The lowest BCUT2D eigenvalue weighted by Crippen LogP contribution is -2.24. The van der Waals surface area contributed by atoms with E-state index in [1.807, 2.05) is 0 Å². The largest absolute Gasteiger partial charge is 0.478 e. The molecule has 7 heteroatoms. The van der Waals surface area contributed by atoms with E-state index in [1.165, 1.54) is 6.07 Å². The number of aromatic carboxylic acids is 1. The van der Waals surface area contributed by atoms with E-state index in [4.69, 9.17) is 5.11 Å². The highest BCUT2D eigenvalue weighted by molar-refractivity contribution is 5.98. The number of carboxylic acid groups (broad SMARTS) is 1. The van der Waals surface area contributed by atoms with Gasteiger partial charge in [0, 0.05) is 18.7 Å². The number of halogens is 1. The summed E-state index contributed by atoms with van der Waals surface area (Å²) in [6.07, 6.45) is 0.0960. The minimum absolute atomic E-state index is 0.0960. The van der Waals surface area contributed by atoms with Crippen LogP contribution in [0.1, 0.15) is 16.8 Å². The fraction of sp³-hybridized carbons (Fsp3) is 0.250. The molecule has 100 valence electrons. The van der Waals surface area contributed by atoms with Gasteiger partial charge >= 0.3 is 5.97 Å². The van der Waals surface area contributed by atoms with Crippen LogP contribution in [-0.2, 0) is 9.59 Å². The smallest absolute Gasteiger partial charge is 0.338 e. The lowest BCUT2D eigenvalue weighted by molar-refractivity contribution is -0.123. The van der Waals surface area contributed by atoms with Crippen LogP contribution in [-0.4, -0.2) is 29.4 Å². The quantitative estimate of drug-likeness (QED) is 0.746. The predicted molar refractivity (Wildman–Crippen MR) is 63.1 cm³/mol. The zero-order valence-corrected chi connectivity index (χ0v) is 9.77. The van der Waals surface area contributed by atoms with Crippen LogP contribution in [0, 0.1) is 11.7 Å². The molecule has 1 aliphatic heterocycles. The van der Waals surface area contributed by atoms with Crippen LogP contribution >= 0.6 is 0 Å². The maximum atomic E-state index is 13.2. The molecule has 1 heterocycles. The minimum atomic E-state index is -1.41. The molecule has 0 bridgehead atoms. The summed E-state index contributed by atoms with van der Waals surface area (Å²) in [5.74, 6) is -3.38. The SMILES string of the molecule is O=C1CC(C(=O)Nc2ccc(F)c(C(=O)O)c2)CN1. The van der Waals surface area contributed by atoms with Crippen molar-refractivity contribution < 1.29 is 23.9 Å². The van der Waals surface area contributed by atoms with E-state index in [9.17, 15) is 18.8 Å². The molecule has 2 amide bonds. The summed E-state index contributed by atoms with van der Waals surface area (Å²) in [6.45, 7) is 0.248. The van der Waals surface area contributed by atoms with Crippen LogP contribution in [0.15, 0.2) is 18.2 Å². The molecule has 1 saturated heterocycles. The lowest BCUT2D eigenvalue weighted by atomic mass is 10.1. The second kappa shape index (κ2) is 5.05. The molecule has 2 rings (SSSR count). The van der Waals surface area contributed by atoms with Gasteiger partial charge in [0.15, 0.2) is 0 Å². The van der Waals surface area contributed by atoms with Crippen LogP contribution in [0.2, 0.25) is 0 Å². The van der Waals surface area contributed by atoms with Gasteiger partial charge in [0.2, 0.25) is 11.8 Å². The van der Waals surface area contributed by atoms with Gasteiger partial charge < -0.3 is 15.7 Å². The Kier molecular flexibility index (Phi) is 3.46. The number of rotatable bonds is 3. The van der Waals surface area contributed by atoms with E-state index < -0.39 is 29.2 Å². The van der Waals surface area contributed by atoms with Crippen LogP contribution in [0.4, 0.5) is 10.1 Å². The van der Waals surface area contributed by atoms with Gasteiger partial charge in [-0.25, -0.2) is 9.18 Å². The molecule has 1 aromatic carbocycles. The van der Waals surface area contributed by atoms with Gasteiger partial charge in [0.05, 0.1) is 11.5 Å². The Morgan fingerprint density at radius 1 is 1.42 bits per heavy atom. The number of amides is 2. The molecule has 0 spiro atoms. The highest BCUT2D eigenvalue weighted by atomic mass is 19.1. The average Bonchev–Trinajstić information content (AvgIpc) is 2.78. The van der Waals surface area contributed by atoms with Crippen LogP contribution < -0.4 is 10.6 Å². The van der Waals surface area contributed by atoms with Gasteiger partial charge in [-0.1, -0.05) is 0 Å². The van der Waals surface area contributed by atoms with Crippen molar-refractivity contribution in [3.8, 4) is 0 Å². The molecule has 6 nitrogen and oxygen atoms in total. The molecule has 1 atom stereocenters. The third-order valence-corrected chi connectivity index (χ3v) is 2.81. The molecule has 0 aromatic heterocycles. The van der Waals surface area contributed by atoms with Crippen LogP contribution in [0.5, 0.6) is 0 Å². The number of carbonyl (C=O) groups excluding carboxylic acids is 2. The monoisotopic (exact) mass is 266 g/mol. The highest BCUT2D eigenvalue weighted by Crippen LogP contribution is 2.17. The molecule has 0 radical (unpaired) electrons. The molecule has 1 unspecified atom stereocenters. The van der Waals surface area contributed by atoms with E-state index in [0.717, 1.165) is 12.1 Å². The summed E-state index contributed by atoms with van der Waals surface area (Å²) in [5.41, 5.74) is -0.332. The molecule has 1 aliphatic rings. The maximum Gasteiger partial charge on any atom is 0.338 e. The fourth-order valence-electron chi connectivity index (χ4n) is 1.80. The molecule has 1 fully saturated rings. The zero-order valence-electron chi connectivity index (χ0n) is 9.77. The van der Waals surface area contributed by atoms with Gasteiger partial charge in [-0.3, -0.25) is 9.59 Å². The fourth-order valence-corrected chi connectivity index (χ4v) is 1.80.